The van der Waals surface area contributed by atoms with Gasteiger partial charge in [-0.1, -0.05) is 31.0 Å². The predicted molar refractivity (Wildman–Crippen MR) is 65.3 cm³/mol. The molecule has 2 heteroatoms. The van der Waals surface area contributed by atoms with E-state index in [1.165, 1.54) is 31.1 Å². The van der Waals surface area contributed by atoms with Crippen molar-refractivity contribution >= 4 is 11.0 Å². The smallest absolute Gasteiger partial charge is 0.134 e. The van der Waals surface area contributed by atoms with Crippen molar-refractivity contribution in [3.05, 3.63) is 36.1 Å². The number of fused-ring (bicyclic) bond motifs is 1. The molecule has 84 valence electrons. The van der Waals surface area contributed by atoms with Crippen LogP contribution in [0, 0.1) is 0 Å². The number of hydrogen-bond acceptors (Lipinski definition) is 2. The minimum absolute atomic E-state index is 0.702. The van der Waals surface area contributed by atoms with Gasteiger partial charge in [0.1, 0.15) is 11.3 Å². The summed E-state index contributed by atoms with van der Waals surface area (Å²) in [6.45, 7) is 0.860. The van der Waals surface area contributed by atoms with Crippen LogP contribution in [0.1, 0.15) is 31.4 Å². The highest BCUT2D eigenvalue weighted by Gasteiger charge is 2.14. The van der Waals surface area contributed by atoms with Crippen molar-refractivity contribution in [3.8, 4) is 0 Å². The first kappa shape index (κ1) is 9.91. The van der Waals surface area contributed by atoms with Gasteiger partial charge in [-0.25, -0.2) is 0 Å². The molecule has 3 rings (SSSR count). The maximum Gasteiger partial charge on any atom is 0.134 e. The van der Waals surface area contributed by atoms with Crippen LogP contribution in [0.2, 0.25) is 0 Å². The van der Waals surface area contributed by atoms with Gasteiger partial charge in [0.15, 0.2) is 0 Å². The van der Waals surface area contributed by atoms with Crippen LogP contribution >= 0.6 is 0 Å². The Kier molecular flexibility index (Phi) is 2.66. The summed E-state index contributed by atoms with van der Waals surface area (Å²) in [4.78, 5) is 0. The number of furan rings is 1. The van der Waals surface area contributed by atoms with E-state index in [0.29, 0.717) is 6.04 Å². The van der Waals surface area contributed by atoms with Gasteiger partial charge in [-0.15, -0.1) is 0 Å². The van der Waals surface area contributed by atoms with E-state index < -0.39 is 0 Å². The predicted octanol–water partition coefficient (Wildman–Crippen LogP) is 3.47. The average molecular weight is 215 g/mol. The maximum atomic E-state index is 5.77. The quantitative estimate of drug-likeness (QED) is 0.848. The summed E-state index contributed by atoms with van der Waals surface area (Å²) < 4.78 is 5.77. The Bertz CT molecular complexity index is 435. The molecule has 0 bridgehead atoms. The van der Waals surface area contributed by atoms with Gasteiger partial charge in [0.2, 0.25) is 0 Å². The summed E-state index contributed by atoms with van der Waals surface area (Å²) in [7, 11) is 0. The topological polar surface area (TPSA) is 25.2 Å². The van der Waals surface area contributed by atoms with Gasteiger partial charge < -0.3 is 9.73 Å². The largest absolute Gasteiger partial charge is 0.460 e. The summed E-state index contributed by atoms with van der Waals surface area (Å²) >= 11 is 0. The minimum Gasteiger partial charge on any atom is -0.460 e. The summed E-state index contributed by atoms with van der Waals surface area (Å²) in [6, 6.07) is 11.0. The van der Waals surface area contributed by atoms with Crippen molar-refractivity contribution in [2.45, 2.75) is 38.3 Å². The fraction of sp³-hybridized carbons (Fsp3) is 0.429. The van der Waals surface area contributed by atoms with Crippen LogP contribution in [-0.2, 0) is 6.54 Å². The highest BCUT2D eigenvalue weighted by Crippen LogP contribution is 2.21. The summed E-state index contributed by atoms with van der Waals surface area (Å²) in [5.41, 5.74) is 0.991. The minimum atomic E-state index is 0.702. The molecule has 0 atom stereocenters. The second kappa shape index (κ2) is 4.30. The van der Waals surface area contributed by atoms with Crippen LogP contribution in [0.4, 0.5) is 0 Å². The van der Waals surface area contributed by atoms with Crippen molar-refractivity contribution in [1.29, 1.82) is 0 Å². The Morgan fingerprint density at radius 1 is 1.19 bits per heavy atom. The molecule has 1 aromatic heterocycles. The van der Waals surface area contributed by atoms with Crippen LogP contribution in [-0.4, -0.2) is 6.04 Å². The number of hydrogen-bond donors (Lipinski definition) is 1. The number of rotatable bonds is 3. The van der Waals surface area contributed by atoms with Crippen LogP contribution in [0.25, 0.3) is 11.0 Å². The SMILES string of the molecule is c1ccc2oc(CNC3CCCC3)cc2c1. The molecule has 1 aromatic carbocycles. The number of benzene rings is 1. The molecule has 2 nitrogen and oxygen atoms in total. The first-order valence-corrected chi connectivity index (χ1v) is 6.13. The van der Waals surface area contributed by atoms with Crippen LogP contribution in [0.5, 0.6) is 0 Å². The fourth-order valence-electron chi connectivity index (χ4n) is 2.50. The van der Waals surface area contributed by atoms with Crippen LogP contribution < -0.4 is 5.32 Å². The highest BCUT2D eigenvalue weighted by atomic mass is 16.3. The molecule has 1 aliphatic carbocycles. The third kappa shape index (κ3) is 1.98. The number of para-hydroxylation sites is 1. The Balaban J connectivity index is 1.69. The molecule has 1 aliphatic rings. The van der Waals surface area contributed by atoms with E-state index in [-0.39, 0.29) is 0 Å². The summed E-state index contributed by atoms with van der Waals surface area (Å²) in [6.07, 6.45) is 5.38. The van der Waals surface area contributed by atoms with Crippen LogP contribution in [0.3, 0.4) is 0 Å². The van der Waals surface area contributed by atoms with Gasteiger partial charge in [0, 0.05) is 11.4 Å². The second-order valence-corrected chi connectivity index (χ2v) is 4.61. The molecule has 1 heterocycles. The van der Waals surface area contributed by atoms with E-state index in [4.69, 9.17) is 4.42 Å². The van der Waals surface area contributed by atoms with E-state index in [1.807, 2.05) is 18.2 Å². The fourth-order valence-corrected chi connectivity index (χ4v) is 2.50. The lowest BCUT2D eigenvalue weighted by Crippen LogP contribution is -2.24. The third-order valence-electron chi connectivity index (χ3n) is 3.40. The van der Waals surface area contributed by atoms with Crippen molar-refractivity contribution in [1.82, 2.24) is 5.32 Å². The van der Waals surface area contributed by atoms with Crippen molar-refractivity contribution < 1.29 is 4.42 Å². The molecule has 0 unspecified atom stereocenters. The van der Waals surface area contributed by atoms with E-state index in [9.17, 15) is 0 Å². The molecule has 1 saturated carbocycles. The molecule has 0 saturated heterocycles. The van der Waals surface area contributed by atoms with Crippen molar-refractivity contribution in [2.75, 3.05) is 0 Å². The molecular formula is C14H17NO. The molecule has 1 N–H and O–H groups in total. The Morgan fingerprint density at radius 2 is 2.00 bits per heavy atom. The lowest BCUT2D eigenvalue weighted by molar-refractivity contribution is 0.462. The second-order valence-electron chi connectivity index (χ2n) is 4.61. The van der Waals surface area contributed by atoms with Crippen molar-refractivity contribution in [2.24, 2.45) is 0 Å². The Hall–Kier alpha value is -1.28. The third-order valence-corrected chi connectivity index (χ3v) is 3.40. The lowest BCUT2D eigenvalue weighted by atomic mass is 10.2. The van der Waals surface area contributed by atoms with Crippen LogP contribution in [0.15, 0.2) is 34.7 Å². The zero-order chi connectivity index (χ0) is 10.8. The summed E-state index contributed by atoms with van der Waals surface area (Å²) in [5.74, 6) is 1.05. The van der Waals surface area contributed by atoms with E-state index in [2.05, 4.69) is 17.4 Å². The molecule has 0 amide bonds. The molecule has 16 heavy (non-hydrogen) atoms. The van der Waals surface area contributed by atoms with E-state index >= 15 is 0 Å². The first-order chi connectivity index (χ1) is 7.92. The van der Waals surface area contributed by atoms with E-state index in [0.717, 1.165) is 17.9 Å². The monoisotopic (exact) mass is 215 g/mol. The zero-order valence-electron chi connectivity index (χ0n) is 9.41. The lowest BCUT2D eigenvalue weighted by Gasteiger charge is -2.09. The summed E-state index contributed by atoms with van der Waals surface area (Å²) in [5, 5.41) is 4.76. The molecule has 0 radical (unpaired) electrons. The Morgan fingerprint density at radius 3 is 2.81 bits per heavy atom. The average Bonchev–Trinajstić information content (AvgIpc) is 2.95. The molecule has 0 spiro atoms. The maximum absolute atomic E-state index is 5.77. The molecule has 0 aliphatic heterocycles. The van der Waals surface area contributed by atoms with Gasteiger partial charge in [0.05, 0.1) is 6.54 Å². The van der Waals surface area contributed by atoms with E-state index in [1.54, 1.807) is 0 Å². The Labute approximate surface area is 95.6 Å². The highest BCUT2D eigenvalue weighted by molar-refractivity contribution is 5.77. The molecular weight excluding hydrogens is 198 g/mol. The van der Waals surface area contributed by atoms with Crippen molar-refractivity contribution in [3.63, 3.8) is 0 Å². The van der Waals surface area contributed by atoms with Gasteiger partial charge in [-0.05, 0) is 25.0 Å². The van der Waals surface area contributed by atoms with Gasteiger partial charge in [-0.2, -0.15) is 0 Å². The number of nitrogens with one attached hydrogen (secondary N) is 1. The normalized spacial score (nSPS) is 17.2. The van der Waals surface area contributed by atoms with Gasteiger partial charge in [-0.3, -0.25) is 0 Å². The van der Waals surface area contributed by atoms with Gasteiger partial charge >= 0.3 is 0 Å². The zero-order valence-corrected chi connectivity index (χ0v) is 9.41. The first-order valence-electron chi connectivity index (χ1n) is 6.13. The molecule has 2 aromatic rings. The van der Waals surface area contributed by atoms with Gasteiger partial charge in [0.25, 0.3) is 0 Å². The standard InChI is InChI=1S/C14H17NO/c1-4-8-14-11(5-1)9-13(16-14)10-15-12-6-2-3-7-12/h1,4-5,8-9,12,15H,2-3,6-7,10H2. The molecule has 1 fully saturated rings.